The number of alkyl halides is 3. The second-order valence-corrected chi connectivity index (χ2v) is 7.70. The number of halogens is 3. The highest BCUT2D eigenvalue weighted by Gasteiger charge is 2.36. The van der Waals surface area contributed by atoms with Crippen molar-refractivity contribution in [2.24, 2.45) is 0 Å². The molecular formula is C23H19F3N4O2. The summed E-state index contributed by atoms with van der Waals surface area (Å²) in [6.45, 7) is 1.78. The van der Waals surface area contributed by atoms with Crippen molar-refractivity contribution in [2.75, 3.05) is 31.1 Å². The molecule has 0 N–H and O–H groups in total. The first-order valence-corrected chi connectivity index (χ1v) is 10.2. The lowest BCUT2D eigenvalue weighted by molar-refractivity contribution is -0.141. The van der Waals surface area contributed by atoms with Crippen molar-refractivity contribution in [3.63, 3.8) is 0 Å². The van der Waals surface area contributed by atoms with E-state index >= 15 is 0 Å². The molecule has 0 radical (unpaired) electrons. The Hall–Kier alpha value is -3.62. The molecule has 32 heavy (non-hydrogen) atoms. The van der Waals surface area contributed by atoms with E-state index in [1.807, 2.05) is 53.4 Å². The molecule has 2 aromatic carbocycles. The van der Waals surface area contributed by atoms with Crippen molar-refractivity contribution in [2.45, 2.75) is 12.1 Å². The number of ether oxygens (including phenoxy) is 1. The molecule has 1 amide bonds. The Morgan fingerprint density at radius 2 is 1.44 bits per heavy atom. The molecule has 164 valence electrons. The fourth-order valence-electron chi connectivity index (χ4n) is 4.16. The van der Waals surface area contributed by atoms with Crippen molar-refractivity contribution in [3.8, 4) is 11.5 Å². The fraction of sp³-hybridized carbons (Fsp3) is 0.261. The zero-order valence-corrected chi connectivity index (χ0v) is 16.9. The maximum absolute atomic E-state index is 13.6. The summed E-state index contributed by atoms with van der Waals surface area (Å²) >= 11 is 0. The summed E-state index contributed by atoms with van der Waals surface area (Å²) in [5.74, 6) is 1.22. The number of hydrogen-bond acceptors (Lipinski definition) is 5. The van der Waals surface area contributed by atoms with E-state index < -0.39 is 17.8 Å². The van der Waals surface area contributed by atoms with E-state index in [4.69, 9.17) is 4.74 Å². The van der Waals surface area contributed by atoms with Crippen LogP contribution in [-0.4, -0.2) is 47.2 Å². The standard InChI is InChI=1S/C23H19F3N4O2/c24-23(25,26)19-9-10-20(28-27-19)29-11-13-30(14-12-29)22(31)21-15-5-1-3-7-17(15)32-18-8-4-2-6-16(18)21/h1-10,21H,11-14H2. The number of rotatable bonds is 2. The average molecular weight is 440 g/mol. The Morgan fingerprint density at radius 1 is 0.844 bits per heavy atom. The van der Waals surface area contributed by atoms with Gasteiger partial charge in [0, 0.05) is 37.3 Å². The van der Waals surface area contributed by atoms with Gasteiger partial charge in [0.05, 0.1) is 5.92 Å². The van der Waals surface area contributed by atoms with Crippen molar-refractivity contribution in [3.05, 3.63) is 77.5 Å². The predicted octanol–water partition coefficient (Wildman–Crippen LogP) is 4.08. The highest BCUT2D eigenvalue weighted by atomic mass is 19.4. The van der Waals surface area contributed by atoms with E-state index in [1.165, 1.54) is 6.07 Å². The first-order valence-electron chi connectivity index (χ1n) is 10.2. The molecule has 0 unspecified atom stereocenters. The molecule has 1 saturated heterocycles. The number of nitrogens with zero attached hydrogens (tertiary/aromatic N) is 4. The van der Waals surface area contributed by atoms with Crippen LogP contribution in [0.3, 0.4) is 0 Å². The van der Waals surface area contributed by atoms with Crippen LogP contribution in [0.5, 0.6) is 11.5 Å². The Bertz CT molecular complexity index is 1100. The first kappa shape index (κ1) is 20.3. The quantitative estimate of drug-likeness (QED) is 0.601. The number of amides is 1. The summed E-state index contributed by atoms with van der Waals surface area (Å²) < 4.78 is 44.1. The minimum atomic E-state index is -4.52. The van der Waals surface area contributed by atoms with Gasteiger partial charge in [0.1, 0.15) is 11.5 Å². The number of carbonyl (C=O) groups excluding carboxylic acids is 1. The molecule has 0 aliphatic carbocycles. The summed E-state index contributed by atoms with van der Waals surface area (Å²) in [6, 6.07) is 17.3. The number of aromatic nitrogens is 2. The molecule has 5 rings (SSSR count). The van der Waals surface area contributed by atoms with Crippen LogP contribution in [0.2, 0.25) is 0 Å². The van der Waals surface area contributed by atoms with Gasteiger partial charge >= 0.3 is 6.18 Å². The number of hydrogen-bond donors (Lipinski definition) is 0. The van der Waals surface area contributed by atoms with Gasteiger partial charge in [0.15, 0.2) is 11.5 Å². The second kappa shape index (κ2) is 7.81. The van der Waals surface area contributed by atoms with Gasteiger partial charge < -0.3 is 14.5 Å². The zero-order valence-electron chi connectivity index (χ0n) is 16.9. The summed E-state index contributed by atoms with van der Waals surface area (Å²) in [6.07, 6.45) is -4.52. The third-order valence-corrected chi connectivity index (χ3v) is 5.78. The van der Waals surface area contributed by atoms with Crippen LogP contribution in [0, 0.1) is 0 Å². The number of piperazine rings is 1. The van der Waals surface area contributed by atoms with Crippen molar-refractivity contribution < 1.29 is 22.7 Å². The monoisotopic (exact) mass is 440 g/mol. The summed E-state index contributed by atoms with van der Waals surface area (Å²) in [5.41, 5.74) is 0.631. The molecule has 1 fully saturated rings. The molecular weight excluding hydrogens is 421 g/mol. The van der Waals surface area contributed by atoms with Crippen LogP contribution in [0.15, 0.2) is 60.7 Å². The maximum atomic E-state index is 13.6. The SMILES string of the molecule is O=C(C1c2ccccc2Oc2ccccc21)N1CCN(c2ccc(C(F)(F)F)nn2)CC1. The Kier molecular flexibility index (Phi) is 4.96. The number of para-hydroxylation sites is 2. The van der Waals surface area contributed by atoms with E-state index in [1.54, 1.807) is 4.90 Å². The predicted molar refractivity (Wildman–Crippen MR) is 111 cm³/mol. The lowest BCUT2D eigenvalue weighted by Gasteiger charge is -2.38. The van der Waals surface area contributed by atoms with Crippen molar-refractivity contribution in [1.82, 2.24) is 15.1 Å². The van der Waals surface area contributed by atoms with Crippen molar-refractivity contribution in [1.29, 1.82) is 0 Å². The van der Waals surface area contributed by atoms with Gasteiger partial charge in [-0.25, -0.2) is 0 Å². The van der Waals surface area contributed by atoms with Crippen LogP contribution in [0.4, 0.5) is 19.0 Å². The largest absolute Gasteiger partial charge is 0.457 e. The number of anilines is 1. The topological polar surface area (TPSA) is 58.6 Å². The highest BCUT2D eigenvalue weighted by Crippen LogP contribution is 2.44. The van der Waals surface area contributed by atoms with Gasteiger partial charge in [-0.15, -0.1) is 10.2 Å². The zero-order chi connectivity index (χ0) is 22.3. The smallest absolute Gasteiger partial charge is 0.435 e. The van der Waals surface area contributed by atoms with Crippen LogP contribution >= 0.6 is 0 Å². The van der Waals surface area contributed by atoms with Gasteiger partial charge in [-0.3, -0.25) is 4.79 Å². The molecule has 3 heterocycles. The van der Waals surface area contributed by atoms with Crippen LogP contribution in [-0.2, 0) is 11.0 Å². The highest BCUT2D eigenvalue weighted by molar-refractivity contribution is 5.90. The molecule has 0 atom stereocenters. The summed E-state index contributed by atoms with van der Waals surface area (Å²) in [7, 11) is 0. The fourth-order valence-corrected chi connectivity index (χ4v) is 4.16. The molecule has 1 aromatic heterocycles. The minimum absolute atomic E-state index is 0.0219. The van der Waals surface area contributed by atoms with Crippen LogP contribution in [0.25, 0.3) is 0 Å². The number of carbonyl (C=O) groups is 1. The van der Waals surface area contributed by atoms with E-state index in [-0.39, 0.29) is 5.91 Å². The number of fused-ring (bicyclic) bond motifs is 2. The summed E-state index contributed by atoms with van der Waals surface area (Å²) in [4.78, 5) is 17.2. The van der Waals surface area contributed by atoms with Crippen LogP contribution < -0.4 is 9.64 Å². The molecule has 0 bridgehead atoms. The lowest BCUT2D eigenvalue weighted by atomic mass is 9.86. The molecule has 2 aliphatic heterocycles. The van der Waals surface area contributed by atoms with E-state index in [0.29, 0.717) is 43.5 Å². The lowest BCUT2D eigenvalue weighted by Crippen LogP contribution is -2.50. The Balaban J connectivity index is 1.33. The van der Waals surface area contributed by atoms with Gasteiger partial charge in [0.2, 0.25) is 5.91 Å². The minimum Gasteiger partial charge on any atom is -0.457 e. The van der Waals surface area contributed by atoms with E-state index in [2.05, 4.69) is 10.2 Å². The normalized spacial score (nSPS) is 16.2. The van der Waals surface area contributed by atoms with Gasteiger partial charge in [-0.1, -0.05) is 36.4 Å². The van der Waals surface area contributed by atoms with Gasteiger partial charge in [0.25, 0.3) is 0 Å². The molecule has 0 saturated carbocycles. The molecule has 6 nitrogen and oxygen atoms in total. The molecule has 0 spiro atoms. The second-order valence-electron chi connectivity index (χ2n) is 7.70. The molecule has 9 heteroatoms. The first-order chi connectivity index (χ1) is 15.4. The molecule has 2 aliphatic rings. The van der Waals surface area contributed by atoms with E-state index in [9.17, 15) is 18.0 Å². The van der Waals surface area contributed by atoms with Gasteiger partial charge in [-0.2, -0.15) is 13.2 Å². The molecule has 3 aromatic rings. The maximum Gasteiger partial charge on any atom is 0.435 e. The summed E-state index contributed by atoms with van der Waals surface area (Å²) in [5, 5.41) is 7.02. The van der Waals surface area contributed by atoms with E-state index in [0.717, 1.165) is 17.2 Å². The average Bonchev–Trinajstić information content (AvgIpc) is 2.82. The third kappa shape index (κ3) is 3.63. The Labute approximate surface area is 182 Å². The van der Waals surface area contributed by atoms with Crippen molar-refractivity contribution >= 4 is 11.7 Å². The number of benzene rings is 2. The third-order valence-electron chi connectivity index (χ3n) is 5.78. The van der Waals surface area contributed by atoms with Gasteiger partial charge in [-0.05, 0) is 24.3 Å². The Morgan fingerprint density at radius 3 is 1.97 bits per heavy atom. The van der Waals surface area contributed by atoms with Crippen LogP contribution in [0.1, 0.15) is 22.7 Å².